The van der Waals surface area contributed by atoms with Crippen LogP contribution in [-0.4, -0.2) is 59.3 Å². The lowest BCUT2D eigenvalue weighted by Gasteiger charge is -2.41. The van der Waals surface area contributed by atoms with Gasteiger partial charge in [-0.2, -0.15) is 0 Å². The van der Waals surface area contributed by atoms with Crippen molar-refractivity contribution < 1.29 is 24.2 Å². The number of ether oxygens (including phenoxy) is 1. The van der Waals surface area contributed by atoms with E-state index < -0.39 is 17.6 Å². The van der Waals surface area contributed by atoms with E-state index in [9.17, 15) is 14.4 Å². The Morgan fingerprint density at radius 1 is 0.929 bits per heavy atom. The molecule has 0 radical (unpaired) electrons. The minimum atomic E-state index is -1.15. The first-order valence-corrected chi connectivity index (χ1v) is 14.8. The van der Waals surface area contributed by atoms with Crippen LogP contribution in [0.15, 0.2) is 78.9 Å². The Labute approximate surface area is 247 Å². The molecule has 220 valence electrons. The normalized spacial score (nSPS) is 16.6. The summed E-state index contributed by atoms with van der Waals surface area (Å²) in [5, 5.41) is 15.1. The molecular formula is C34H39N3O5. The van der Waals surface area contributed by atoms with Crippen molar-refractivity contribution >= 4 is 18.0 Å². The van der Waals surface area contributed by atoms with Gasteiger partial charge in [-0.1, -0.05) is 85.8 Å². The molecule has 3 N–H and O–H groups in total. The van der Waals surface area contributed by atoms with Crippen LogP contribution in [0.25, 0.3) is 11.1 Å². The molecule has 0 bridgehead atoms. The highest BCUT2D eigenvalue weighted by atomic mass is 16.5. The van der Waals surface area contributed by atoms with Gasteiger partial charge in [0, 0.05) is 38.0 Å². The molecule has 1 fully saturated rings. The minimum absolute atomic E-state index is 0.0313. The van der Waals surface area contributed by atoms with Gasteiger partial charge in [0.05, 0.1) is 0 Å². The van der Waals surface area contributed by atoms with Gasteiger partial charge in [-0.25, -0.2) is 4.79 Å². The monoisotopic (exact) mass is 569 g/mol. The zero-order chi connectivity index (χ0) is 29.5. The first-order chi connectivity index (χ1) is 20.4. The van der Waals surface area contributed by atoms with Crippen molar-refractivity contribution in [2.24, 2.45) is 0 Å². The van der Waals surface area contributed by atoms with Crippen LogP contribution in [0.2, 0.25) is 0 Å². The number of nitrogens with zero attached hydrogens (tertiary/aromatic N) is 1. The molecule has 0 spiro atoms. The van der Waals surface area contributed by atoms with Crippen LogP contribution in [-0.2, 0) is 20.9 Å². The smallest absolute Gasteiger partial charge is 0.408 e. The second-order valence-electron chi connectivity index (χ2n) is 11.3. The molecule has 2 amide bonds. The van der Waals surface area contributed by atoms with Gasteiger partial charge in [0.15, 0.2) is 0 Å². The number of carboxylic acids is 1. The number of carbonyl (C=O) groups excluding carboxylic acids is 2. The molecule has 1 heterocycles. The van der Waals surface area contributed by atoms with E-state index in [0.717, 1.165) is 28.8 Å². The number of benzene rings is 3. The van der Waals surface area contributed by atoms with E-state index in [1.54, 1.807) is 0 Å². The number of amides is 2. The molecule has 0 aromatic heterocycles. The van der Waals surface area contributed by atoms with Crippen LogP contribution in [0.1, 0.15) is 61.6 Å². The van der Waals surface area contributed by atoms with Crippen molar-refractivity contribution in [2.75, 3.05) is 19.7 Å². The zero-order valence-electron chi connectivity index (χ0n) is 24.1. The van der Waals surface area contributed by atoms with E-state index >= 15 is 0 Å². The molecule has 3 aromatic rings. The minimum Gasteiger partial charge on any atom is -0.481 e. The molecule has 42 heavy (non-hydrogen) atoms. The summed E-state index contributed by atoms with van der Waals surface area (Å²) in [6, 6.07) is 26.2. The number of carbonyl (C=O) groups is 3. The third-order valence-electron chi connectivity index (χ3n) is 8.61. The number of aliphatic carboxylic acids is 1. The maximum absolute atomic E-state index is 13.8. The standard InChI is InChI=1S/C34H39N3O5/c1-2-25(16-17-31(38)39)35-32(40)34(18-20-37(21-19-34)22-24-10-4-3-5-11-24)36-33(41)42-23-30-28-14-8-6-12-26(28)27-13-7-9-15-29(27)30/h3-15,25,30H,2,16-23H2,1H3,(H,35,40)(H,36,41)(H,38,39). The summed E-state index contributed by atoms with van der Waals surface area (Å²) in [5.74, 6) is -1.27. The Hall–Kier alpha value is -4.17. The number of rotatable bonds is 11. The number of hydrogen-bond acceptors (Lipinski definition) is 5. The van der Waals surface area contributed by atoms with Crippen LogP contribution in [0.4, 0.5) is 4.79 Å². The third kappa shape index (κ3) is 6.65. The quantitative estimate of drug-likeness (QED) is 0.289. The highest BCUT2D eigenvalue weighted by Gasteiger charge is 2.44. The third-order valence-corrected chi connectivity index (χ3v) is 8.61. The summed E-state index contributed by atoms with van der Waals surface area (Å²) < 4.78 is 5.83. The lowest BCUT2D eigenvalue weighted by Crippen LogP contribution is -2.64. The molecule has 1 aliphatic carbocycles. The Kier molecular flexibility index (Phi) is 9.22. The average Bonchev–Trinajstić information content (AvgIpc) is 3.33. The first kappa shape index (κ1) is 29.3. The highest BCUT2D eigenvalue weighted by molar-refractivity contribution is 5.90. The van der Waals surface area contributed by atoms with Crippen molar-refractivity contribution in [3.05, 3.63) is 95.6 Å². The SMILES string of the molecule is CCC(CCC(=O)O)NC(=O)C1(NC(=O)OCC2c3ccccc3-c3ccccc32)CCN(Cc2ccccc2)CC1. The molecule has 2 aliphatic rings. The number of nitrogens with one attached hydrogen (secondary N) is 2. The van der Waals surface area contributed by atoms with Crippen LogP contribution in [0, 0.1) is 0 Å². The molecule has 1 aliphatic heterocycles. The van der Waals surface area contributed by atoms with Crippen molar-refractivity contribution in [3.8, 4) is 11.1 Å². The lowest BCUT2D eigenvalue weighted by atomic mass is 9.85. The van der Waals surface area contributed by atoms with Gasteiger partial charge in [-0.15, -0.1) is 0 Å². The maximum Gasteiger partial charge on any atom is 0.408 e. The average molecular weight is 570 g/mol. The zero-order valence-corrected chi connectivity index (χ0v) is 24.1. The molecular weight excluding hydrogens is 530 g/mol. The number of hydrogen-bond donors (Lipinski definition) is 3. The fraction of sp³-hybridized carbons (Fsp3) is 0.382. The van der Waals surface area contributed by atoms with Gasteiger partial charge in [-0.3, -0.25) is 14.5 Å². The van der Waals surface area contributed by atoms with E-state index in [4.69, 9.17) is 9.84 Å². The van der Waals surface area contributed by atoms with Gasteiger partial charge in [0.2, 0.25) is 5.91 Å². The van der Waals surface area contributed by atoms with E-state index in [-0.39, 0.29) is 30.9 Å². The number of piperidine rings is 1. The van der Waals surface area contributed by atoms with E-state index in [1.165, 1.54) is 5.56 Å². The van der Waals surface area contributed by atoms with Gasteiger partial charge in [0.1, 0.15) is 12.1 Å². The van der Waals surface area contributed by atoms with Crippen LogP contribution in [0.5, 0.6) is 0 Å². The molecule has 8 nitrogen and oxygen atoms in total. The predicted molar refractivity (Wildman–Crippen MR) is 161 cm³/mol. The molecule has 1 unspecified atom stereocenters. The van der Waals surface area contributed by atoms with E-state index in [0.29, 0.717) is 38.8 Å². The van der Waals surface area contributed by atoms with Crippen LogP contribution < -0.4 is 10.6 Å². The second-order valence-corrected chi connectivity index (χ2v) is 11.3. The lowest BCUT2D eigenvalue weighted by molar-refractivity contribution is -0.137. The van der Waals surface area contributed by atoms with Gasteiger partial charge in [0.25, 0.3) is 0 Å². The fourth-order valence-electron chi connectivity index (χ4n) is 6.17. The van der Waals surface area contributed by atoms with Crippen molar-refractivity contribution in [2.45, 2.75) is 63.1 Å². The van der Waals surface area contributed by atoms with E-state index in [1.807, 2.05) is 49.4 Å². The molecule has 0 saturated carbocycles. The van der Waals surface area contributed by atoms with Crippen molar-refractivity contribution in [3.63, 3.8) is 0 Å². The topological polar surface area (TPSA) is 108 Å². The largest absolute Gasteiger partial charge is 0.481 e. The van der Waals surface area contributed by atoms with E-state index in [2.05, 4.69) is 51.9 Å². The van der Waals surface area contributed by atoms with Gasteiger partial charge < -0.3 is 20.5 Å². The molecule has 1 saturated heterocycles. The summed E-state index contributed by atoms with van der Waals surface area (Å²) in [6.07, 6.45) is 1.12. The van der Waals surface area contributed by atoms with Crippen molar-refractivity contribution in [1.29, 1.82) is 0 Å². The predicted octanol–water partition coefficient (Wildman–Crippen LogP) is 5.32. The van der Waals surface area contributed by atoms with Crippen LogP contribution >= 0.6 is 0 Å². The summed E-state index contributed by atoms with van der Waals surface area (Å²) in [7, 11) is 0. The Morgan fingerprint density at radius 3 is 2.12 bits per heavy atom. The Morgan fingerprint density at radius 2 is 1.52 bits per heavy atom. The summed E-state index contributed by atoms with van der Waals surface area (Å²) in [5.41, 5.74) is 4.59. The summed E-state index contributed by atoms with van der Waals surface area (Å²) >= 11 is 0. The van der Waals surface area contributed by atoms with Gasteiger partial charge >= 0.3 is 12.1 Å². The number of likely N-dealkylation sites (tertiary alicyclic amines) is 1. The molecule has 3 aromatic carbocycles. The summed E-state index contributed by atoms with van der Waals surface area (Å²) in [6.45, 7) is 4.09. The van der Waals surface area contributed by atoms with Gasteiger partial charge in [-0.05, 0) is 53.5 Å². The highest BCUT2D eigenvalue weighted by Crippen LogP contribution is 2.44. The Balaban J connectivity index is 1.28. The second kappa shape index (κ2) is 13.2. The molecule has 1 atom stereocenters. The van der Waals surface area contributed by atoms with Crippen molar-refractivity contribution in [1.82, 2.24) is 15.5 Å². The summed E-state index contributed by atoms with van der Waals surface area (Å²) in [4.78, 5) is 40.5. The fourth-order valence-corrected chi connectivity index (χ4v) is 6.17. The van der Waals surface area contributed by atoms with Crippen LogP contribution in [0.3, 0.4) is 0 Å². The molecule has 8 heteroatoms. The number of alkyl carbamates (subject to hydrolysis) is 1. The number of carboxylic acid groups (broad SMARTS) is 1. The first-order valence-electron chi connectivity index (χ1n) is 14.8. The Bertz CT molecular complexity index is 1360. The number of fused-ring (bicyclic) bond motifs is 3. The molecule has 5 rings (SSSR count). The maximum atomic E-state index is 13.8.